The maximum absolute atomic E-state index is 12.8. The van der Waals surface area contributed by atoms with Crippen molar-refractivity contribution in [2.45, 2.75) is 31.7 Å². The predicted molar refractivity (Wildman–Crippen MR) is 150 cm³/mol. The van der Waals surface area contributed by atoms with Crippen molar-refractivity contribution in [3.63, 3.8) is 0 Å². The van der Waals surface area contributed by atoms with Gasteiger partial charge in [-0.2, -0.15) is 0 Å². The van der Waals surface area contributed by atoms with E-state index in [0.717, 1.165) is 25.8 Å². The average molecular weight is 502 g/mol. The maximum atomic E-state index is 12.8. The van der Waals surface area contributed by atoms with Crippen LogP contribution >= 0.6 is 0 Å². The van der Waals surface area contributed by atoms with Crippen molar-refractivity contribution in [1.29, 1.82) is 0 Å². The van der Waals surface area contributed by atoms with E-state index in [2.05, 4.69) is 112 Å². The summed E-state index contributed by atoms with van der Waals surface area (Å²) in [4.78, 5) is 27.8. The maximum Gasteiger partial charge on any atom is 0.278 e. The monoisotopic (exact) mass is 501 g/mol. The fourth-order valence-electron chi connectivity index (χ4n) is 7.10. The number of carbonyl (C=O) groups is 1. The van der Waals surface area contributed by atoms with Crippen LogP contribution in [0.2, 0.25) is 0 Å². The third kappa shape index (κ3) is 3.66. The molecule has 3 aromatic carbocycles. The highest BCUT2D eigenvalue weighted by atomic mass is 16.2. The highest BCUT2D eigenvalue weighted by Gasteiger charge is 2.58. The first-order valence-corrected chi connectivity index (χ1v) is 13.5. The molecule has 6 nitrogen and oxygen atoms in total. The number of benzene rings is 3. The molecule has 1 saturated carbocycles. The number of H-pyrrole nitrogens is 1. The van der Waals surface area contributed by atoms with Gasteiger partial charge in [-0.25, -0.2) is 9.98 Å². The number of amides is 1. The van der Waals surface area contributed by atoms with Gasteiger partial charge in [0.1, 0.15) is 5.69 Å². The summed E-state index contributed by atoms with van der Waals surface area (Å²) in [7, 11) is 0. The van der Waals surface area contributed by atoms with Crippen LogP contribution in [0, 0.1) is 17.8 Å². The second-order valence-corrected chi connectivity index (χ2v) is 11.0. The molecular weight excluding hydrogens is 470 g/mol. The van der Waals surface area contributed by atoms with Gasteiger partial charge in [0.25, 0.3) is 5.91 Å². The molecule has 1 aromatic heterocycles. The Morgan fingerprint density at radius 2 is 1.68 bits per heavy atom. The molecule has 1 aliphatic carbocycles. The Bertz CT molecular complexity index is 1510. The number of nitrogens with zero attached hydrogens (tertiary/aromatic N) is 3. The topological polar surface area (TPSA) is 73.4 Å². The Morgan fingerprint density at radius 3 is 2.50 bits per heavy atom. The van der Waals surface area contributed by atoms with Crippen LogP contribution in [0.25, 0.3) is 11.1 Å². The van der Waals surface area contributed by atoms with Gasteiger partial charge in [-0.05, 0) is 59.3 Å². The second kappa shape index (κ2) is 8.98. The van der Waals surface area contributed by atoms with Gasteiger partial charge in [-0.3, -0.25) is 15.0 Å². The molecule has 2 aliphatic heterocycles. The van der Waals surface area contributed by atoms with Gasteiger partial charge in [-0.15, -0.1) is 0 Å². The lowest BCUT2D eigenvalue weighted by molar-refractivity contribution is 0.0970. The number of hydrogen-bond donors (Lipinski definition) is 2. The molecule has 4 aromatic rings. The molecule has 0 radical (unpaired) electrons. The number of hydrogen-bond acceptors (Lipinski definition) is 4. The minimum absolute atomic E-state index is 0.165. The Hall–Kier alpha value is -4.19. The van der Waals surface area contributed by atoms with E-state index in [-0.39, 0.29) is 11.4 Å². The molecule has 4 atom stereocenters. The van der Waals surface area contributed by atoms with Crippen molar-refractivity contribution in [2.75, 3.05) is 11.4 Å². The first-order chi connectivity index (χ1) is 18.6. The predicted octanol–water partition coefficient (Wildman–Crippen LogP) is 5.49. The van der Waals surface area contributed by atoms with E-state index in [1.807, 2.05) is 0 Å². The SMILES string of the molecule is CC1CC(Cc2ccccc2)C(Cc2ccccc2-c2ccccc2)C12CN1C(=N2)NC(=O)c2[nH]cnc21. The summed E-state index contributed by atoms with van der Waals surface area (Å²) in [6.07, 6.45) is 4.65. The van der Waals surface area contributed by atoms with Crippen molar-refractivity contribution >= 4 is 17.7 Å². The molecule has 7 rings (SSSR count). The number of fused-ring (bicyclic) bond motifs is 3. The summed E-state index contributed by atoms with van der Waals surface area (Å²) in [6.45, 7) is 3.07. The summed E-state index contributed by atoms with van der Waals surface area (Å²) in [5.74, 6) is 2.30. The summed E-state index contributed by atoms with van der Waals surface area (Å²) in [5, 5.41) is 3.04. The van der Waals surface area contributed by atoms with E-state index in [0.29, 0.717) is 35.2 Å². The minimum Gasteiger partial charge on any atom is -0.339 e. The van der Waals surface area contributed by atoms with Crippen LogP contribution in [0.3, 0.4) is 0 Å². The normalized spacial score (nSPS) is 25.7. The molecule has 4 unspecified atom stereocenters. The third-order valence-electron chi connectivity index (χ3n) is 8.91. The van der Waals surface area contributed by atoms with Crippen molar-refractivity contribution in [1.82, 2.24) is 15.3 Å². The van der Waals surface area contributed by atoms with E-state index in [1.165, 1.54) is 22.3 Å². The van der Waals surface area contributed by atoms with Crippen LogP contribution in [-0.4, -0.2) is 33.9 Å². The molecular formula is C32H31N5O. The van der Waals surface area contributed by atoms with E-state index in [9.17, 15) is 4.79 Å². The number of carbonyl (C=O) groups excluding carboxylic acids is 1. The lowest BCUT2D eigenvalue weighted by Crippen LogP contribution is -2.49. The molecule has 1 amide bonds. The smallest absolute Gasteiger partial charge is 0.278 e. The molecule has 3 heterocycles. The largest absolute Gasteiger partial charge is 0.339 e. The molecule has 1 fully saturated rings. The molecule has 38 heavy (non-hydrogen) atoms. The van der Waals surface area contributed by atoms with Gasteiger partial charge in [0.15, 0.2) is 5.82 Å². The molecule has 6 heteroatoms. The van der Waals surface area contributed by atoms with Crippen molar-refractivity contribution in [2.24, 2.45) is 22.7 Å². The average Bonchev–Trinajstić information content (AvgIpc) is 3.64. The number of aliphatic imine (C=N–C) groups is 1. The molecule has 0 bridgehead atoms. The van der Waals surface area contributed by atoms with Crippen LogP contribution < -0.4 is 10.2 Å². The standard InChI is InChI=1S/C32H31N5O/c1-21-16-25(17-22-10-4-2-5-11-22)27(18-24-14-8-9-15-26(24)23-12-6-3-7-13-23)32(21)19-37-29-28(33-20-34-29)30(38)35-31(37)36-32/h2-15,20-21,25,27H,16-19H2,1H3,(H,33,34)(H,35,36,38). The van der Waals surface area contributed by atoms with Gasteiger partial charge in [0.2, 0.25) is 5.96 Å². The number of aromatic amines is 1. The summed E-state index contributed by atoms with van der Waals surface area (Å²) < 4.78 is 0. The number of guanidine groups is 1. The van der Waals surface area contributed by atoms with Gasteiger partial charge in [0.05, 0.1) is 18.4 Å². The fraction of sp³-hybridized carbons (Fsp3) is 0.281. The molecule has 2 N–H and O–H groups in total. The van der Waals surface area contributed by atoms with Crippen LogP contribution in [0.1, 0.15) is 35.0 Å². The Labute approximate surface area is 222 Å². The van der Waals surface area contributed by atoms with Crippen molar-refractivity contribution in [3.05, 3.63) is 108 Å². The number of imidazole rings is 1. The van der Waals surface area contributed by atoms with E-state index in [1.54, 1.807) is 6.33 Å². The first-order valence-electron chi connectivity index (χ1n) is 13.5. The number of anilines is 1. The fourth-order valence-corrected chi connectivity index (χ4v) is 7.10. The van der Waals surface area contributed by atoms with E-state index >= 15 is 0 Å². The minimum atomic E-state index is -0.313. The van der Waals surface area contributed by atoms with Crippen LogP contribution in [0.4, 0.5) is 5.82 Å². The highest BCUT2D eigenvalue weighted by Crippen LogP contribution is 2.53. The van der Waals surface area contributed by atoms with Gasteiger partial charge in [0, 0.05) is 0 Å². The second-order valence-electron chi connectivity index (χ2n) is 11.0. The molecule has 3 aliphatic rings. The highest BCUT2D eigenvalue weighted by molar-refractivity contribution is 6.18. The van der Waals surface area contributed by atoms with Crippen molar-refractivity contribution < 1.29 is 4.79 Å². The lowest BCUT2D eigenvalue weighted by Gasteiger charge is -2.35. The third-order valence-corrected chi connectivity index (χ3v) is 8.91. The number of aromatic nitrogens is 2. The summed E-state index contributed by atoms with van der Waals surface area (Å²) in [5.41, 5.74) is 5.45. The Morgan fingerprint density at radius 1 is 0.947 bits per heavy atom. The Kier molecular flexibility index (Phi) is 5.43. The van der Waals surface area contributed by atoms with Gasteiger partial charge in [-0.1, -0.05) is 91.9 Å². The lowest BCUT2D eigenvalue weighted by atomic mass is 9.74. The van der Waals surface area contributed by atoms with E-state index < -0.39 is 0 Å². The molecule has 0 saturated heterocycles. The summed E-state index contributed by atoms with van der Waals surface area (Å²) in [6, 6.07) is 30.3. The van der Waals surface area contributed by atoms with Crippen LogP contribution in [0.15, 0.2) is 96.2 Å². The zero-order chi connectivity index (χ0) is 25.7. The van der Waals surface area contributed by atoms with Gasteiger partial charge < -0.3 is 4.98 Å². The molecule has 190 valence electrons. The molecule has 1 spiro atoms. The van der Waals surface area contributed by atoms with Gasteiger partial charge >= 0.3 is 0 Å². The number of nitrogens with one attached hydrogen (secondary N) is 2. The van der Waals surface area contributed by atoms with Crippen LogP contribution in [0.5, 0.6) is 0 Å². The number of rotatable bonds is 5. The Balaban J connectivity index is 1.31. The van der Waals surface area contributed by atoms with E-state index in [4.69, 9.17) is 4.99 Å². The first kappa shape index (κ1) is 23.0. The zero-order valence-corrected chi connectivity index (χ0v) is 21.5. The van der Waals surface area contributed by atoms with Crippen molar-refractivity contribution in [3.8, 4) is 11.1 Å². The summed E-state index contributed by atoms with van der Waals surface area (Å²) >= 11 is 0. The van der Waals surface area contributed by atoms with Crippen LogP contribution in [-0.2, 0) is 12.8 Å². The zero-order valence-electron chi connectivity index (χ0n) is 21.5. The quantitative estimate of drug-likeness (QED) is 0.380.